The molecule has 0 bridgehead atoms. The first-order chi connectivity index (χ1) is 16.6. The third kappa shape index (κ3) is 5.03. The first kappa shape index (κ1) is 21.2. The monoisotopic (exact) mass is 444 g/mol. The number of nitrogen functional groups attached to an aromatic ring is 2. The van der Waals surface area contributed by atoms with Crippen molar-refractivity contribution in [3.8, 4) is 45.3 Å². The standard InChI is InChI=1S/C30H24N2O2/c31-25-10-4-14-29(19-25)33-27-12-2-8-23(17-27)21-6-1-7-22(16-21)24-9-3-13-28(18-24)34-30-15-5-11-26(32)20-30/h1-20H,31-32H2. The Balaban J connectivity index is 1.40. The molecule has 0 spiro atoms. The highest BCUT2D eigenvalue weighted by Crippen LogP contribution is 2.32. The maximum atomic E-state index is 6.01. The highest BCUT2D eigenvalue weighted by atomic mass is 16.5. The minimum atomic E-state index is 0.670. The third-order valence-corrected chi connectivity index (χ3v) is 5.38. The molecule has 4 N–H and O–H groups in total. The van der Waals surface area contributed by atoms with Crippen molar-refractivity contribution in [2.45, 2.75) is 0 Å². The Labute approximate surface area is 199 Å². The minimum Gasteiger partial charge on any atom is -0.457 e. The summed E-state index contributed by atoms with van der Waals surface area (Å²) in [5, 5.41) is 0. The van der Waals surface area contributed by atoms with E-state index in [4.69, 9.17) is 20.9 Å². The molecule has 0 aliphatic heterocycles. The fourth-order valence-corrected chi connectivity index (χ4v) is 3.78. The van der Waals surface area contributed by atoms with Crippen LogP contribution >= 0.6 is 0 Å². The first-order valence-corrected chi connectivity index (χ1v) is 11.0. The molecule has 0 heterocycles. The van der Waals surface area contributed by atoms with E-state index in [1.807, 2.05) is 84.9 Å². The lowest BCUT2D eigenvalue weighted by Crippen LogP contribution is -1.89. The second-order valence-corrected chi connectivity index (χ2v) is 7.99. The van der Waals surface area contributed by atoms with E-state index in [2.05, 4.69) is 36.4 Å². The van der Waals surface area contributed by atoms with Gasteiger partial charge in [-0.3, -0.25) is 0 Å². The first-order valence-electron chi connectivity index (χ1n) is 11.0. The van der Waals surface area contributed by atoms with Crippen LogP contribution in [-0.4, -0.2) is 0 Å². The van der Waals surface area contributed by atoms with Crippen LogP contribution < -0.4 is 20.9 Å². The zero-order chi connectivity index (χ0) is 23.3. The fourth-order valence-electron chi connectivity index (χ4n) is 3.78. The quantitative estimate of drug-likeness (QED) is 0.262. The Morgan fingerprint density at radius 1 is 0.353 bits per heavy atom. The highest BCUT2D eigenvalue weighted by molar-refractivity contribution is 5.74. The van der Waals surface area contributed by atoms with Gasteiger partial charge >= 0.3 is 0 Å². The lowest BCUT2D eigenvalue weighted by molar-refractivity contribution is 0.483. The van der Waals surface area contributed by atoms with Crippen molar-refractivity contribution in [1.29, 1.82) is 0 Å². The Kier molecular flexibility index (Phi) is 5.87. The van der Waals surface area contributed by atoms with Crippen LogP contribution in [0.4, 0.5) is 11.4 Å². The molecule has 0 unspecified atom stereocenters. The molecule has 0 aliphatic rings. The van der Waals surface area contributed by atoms with Gasteiger partial charge in [0, 0.05) is 23.5 Å². The highest BCUT2D eigenvalue weighted by Gasteiger charge is 2.06. The average molecular weight is 445 g/mol. The van der Waals surface area contributed by atoms with Crippen LogP contribution in [0.1, 0.15) is 0 Å². The predicted molar refractivity (Wildman–Crippen MR) is 139 cm³/mol. The van der Waals surface area contributed by atoms with E-state index in [0.29, 0.717) is 22.9 Å². The predicted octanol–water partition coefficient (Wildman–Crippen LogP) is 7.77. The fraction of sp³-hybridized carbons (Fsp3) is 0. The molecule has 5 aromatic rings. The number of hydrogen-bond acceptors (Lipinski definition) is 4. The summed E-state index contributed by atoms with van der Waals surface area (Å²) < 4.78 is 12.0. The van der Waals surface area contributed by atoms with Crippen LogP contribution in [-0.2, 0) is 0 Å². The molecule has 4 nitrogen and oxygen atoms in total. The van der Waals surface area contributed by atoms with E-state index in [1.165, 1.54) is 0 Å². The maximum absolute atomic E-state index is 6.01. The van der Waals surface area contributed by atoms with E-state index in [0.717, 1.165) is 33.8 Å². The molecule has 166 valence electrons. The molecule has 0 amide bonds. The second kappa shape index (κ2) is 9.43. The number of anilines is 2. The maximum Gasteiger partial charge on any atom is 0.129 e. The zero-order valence-electron chi connectivity index (χ0n) is 18.5. The van der Waals surface area contributed by atoms with Crippen LogP contribution in [0.2, 0.25) is 0 Å². The number of hydrogen-bond donors (Lipinski definition) is 2. The molecule has 5 rings (SSSR count). The summed E-state index contributed by atoms with van der Waals surface area (Å²) in [6.07, 6.45) is 0. The molecular weight excluding hydrogens is 420 g/mol. The van der Waals surface area contributed by atoms with Crippen molar-refractivity contribution >= 4 is 11.4 Å². The molecule has 0 fully saturated rings. The summed E-state index contributed by atoms with van der Waals surface area (Å²) in [6, 6.07) is 39.3. The van der Waals surface area contributed by atoms with Gasteiger partial charge in [0.15, 0.2) is 0 Å². The van der Waals surface area contributed by atoms with Gasteiger partial charge in [0.05, 0.1) is 0 Å². The van der Waals surface area contributed by atoms with Gasteiger partial charge in [0.2, 0.25) is 0 Å². The number of benzene rings is 5. The van der Waals surface area contributed by atoms with Crippen molar-refractivity contribution in [1.82, 2.24) is 0 Å². The van der Waals surface area contributed by atoms with Gasteiger partial charge in [0.1, 0.15) is 23.0 Å². The van der Waals surface area contributed by atoms with E-state index in [-0.39, 0.29) is 0 Å². The van der Waals surface area contributed by atoms with Crippen molar-refractivity contribution < 1.29 is 9.47 Å². The summed E-state index contributed by atoms with van der Waals surface area (Å²) in [6.45, 7) is 0. The summed E-state index contributed by atoms with van der Waals surface area (Å²) in [5.74, 6) is 2.93. The number of rotatable bonds is 6. The molecule has 0 aromatic heterocycles. The molecule has 34 heavy (non-hydrogen) atoms. The summed E-state index contributed by atoms with van der Waals surface area (Å²) in [5.41, 5.74) is 17.4. The van der Waals surface area contributed by atoms with Crippen molar-refractivity contribution in [2.24, 2.45) is 0 Å². The van der Waals surface area contributed by atoms with Gasteiger partial charge in [-0.25, -0.2) is 0 Å². The number of nitrogens with two attached hydrogens (primary N) is 2. The lowest BCUT2D eigenvalue weighted by atomic mass is 9.99. The molecule has 0 atom stereocenters. The topological polar surface area (TPSA) is 70.5 Å². The van der Waals surface area contributed by atoms with Gasteiger partial charge in [-0.15, -0.1) is 0 Å². The average Bonchev–Trinajstić information content (AvgIpc) is 2.85. The normalized spacial score (nSPS) is 10.6. The van der Waals surface area contributed by atoms with Crippen molar-refractivity contribution in [3.63, 3.8) is 0 Å². The van der Waals surface area contributed by atoms with Crippen LogP contribution in [0.5, 0.6) is 23.0 Å². The molecular formula is C30H24N2O2. The number of ether oxygens (including phenoxy) is 2. The Hall–Kier alpha value is -4.70. The lowest BCUT2D eigenvalue weighted by Gasteiger charge is -2.11. The largest absolute Gasteiger partial charge is 0.457 e. The minimum absolute atomic E-state index is 0.670. The third-order valence-electron chi connectivity index (χ3n) is 5.38. The van der Waals surface area contributed by atoms with Gasteiger partial charge in [-0.2, -0.15) is 0 Å². The van der Waals surface area contributed by atoms with E-state index >= 15 is 0 Å². The van der Waals surface area contributed by atoms with Crippen molar-refractivity contribution in [3.05, 3.63) is 121 Å². The molecule has 0 saturated heterocycles. The molecule has 5 aromatic carbocycles. The van der Waals surface area contributed by atoms with Crippen molar-refractivity contribution in [2.75, 3.05) is 11.5 Å². The molecule has 0 saturated carbocycles. The van der Waals surface area contributed by atoms with Gasteiger partial charge in [0.25, 0.3) is 0 Å². The summed E-state index contributed by atoms with van der Waals surface area (Å²) >= 11 is 0. The van der Waals surface area contributed by atoms with Crippen LogP contribution in [0, 0.1) is 0 Å². The van der Waals surface area contributed by atoms with Gasteiger partial charge < -0.3 is 20.9 Å². The van der Waals surface area contributed by atoms with E-state index < -0.39 is 0 Å². The smallest absolute Gasteiger partial charge is 0.129 e. The van der Waals surface area contributed by atoms with Crippen LogP contribution in [0.15, 0.2) is 121 Å². The van der Waals surface area contributed by atoms with E-state index in [1.54, 1.807) is 0 Å². The van der Waals surface area contributed by atoms with Crippen LogP contribution in [0.3, 0.4) is 0 Å². The second-order valence-electron chi connectivity index (χ2n) is 7.99. The molecule has 4 heteroatoms. The molecule has 0 radical (unpaired) electrons. The van der Waals surface area contributed by atoms with Gasteiger partial charge in [-0.05, 0) is 76.9 Å². The molecule has 0 aliphatic carbocycles. The Morgan fingerprint density at radius 3 is 1.09 bits per heavy atom. The Morgan fingerprint density at radius 2 is 0.676 bits per heavy atom. The zero-order valence-corrected chi connectivity index (χ0v) is 18.5. The van der Waals surface area contributed by atoms with Crippen LogP contribution in [0.25, 0.3) is 22.3 Å². The van der Waals surface area contributed by atoms with Gasteiger partial charge in [-0.1, -0.05) is 54.6 Å². The van der Waals surface area contributed by atoms with E-state index in [9.17, 15) is 0 Å². The Bertz CT molecular complexity index is 1340. The summed E-state index contributed by atoms with van der Waals surface area (Å²) in [7, 11) is 0. The summed E-state index contributed by atoms with van der Waals surface area (Å²) in [4.78, 5) is 0. The SMILES string of the molecule is Nc1cccc(Oc2cccc(-c3cccc(-c4cccc(Oc5cccc(N)c5)c4)c3)c2)c1.